The van der Waals surface area contributed by atoms with Crippen LogP contribution in [0.1, 0.15) is 57.9 Å². The summed E-state index contributed by atoms with van der Waals surface area (Å²) in [6.07, 6.45) is 10.2. The van der Waals surface area contributed by atoms with Gasteiger partial charge >= 0.3 is 0 Å². The highest BCUT2D eigenvalue weighted by Gasteiger charge is 2.43. The normalized spacial score (nSPS) is 10.9. The molecule has 0 heterocycles. The van der Waals surface area contributed by atoms with Crippen LogP contribution in [0.15, 0.2) is 115 Å². The maximum atomic E-state index is 10.9. The average Bonchev–Trinajstić information content (AvgIpc) is 2.95. The third-order valence-corrected chi connectivity index (χ3v) is 11.3. The van der Waals surface area contributed by atoms with Crippen LogP contribution >= 0.6 is 7.26 Å². The van der Waals surface area contributed by atoms with Crippen molar-refractivity contribution < 1.29 is 5.11 Å². The van der Waals surface area contributed by atoms with Crippen molar-refractivity contribution in [1.29, 1.82) is 0 Å². The topological polar surface area (TPSA) is 23.1 Å². The zero-order chi connectivity index (χ0) is 25.5. The molecule has 2 heteroatoms. The van der Waals surface area contributed by atoms with Crippen LogP contribution in [0.25, 0.3) is 0 Å². The van der Waals surface area contributed by atoms with Crippen molar-refractivity contribution in [2.45, 2.75) is 58.8 Å². The minimum atomic E-state index is -1.53. The fourth-order valence-electron chi connectivity index (χ4n) is 4.81. The minimum absolute atomic E-state index is 0.113. The van der Waals surface area contributed by atoms with E-state index in [1.165, 1.54) is 60.0 Å². The van der Waals surface area contributed by atoms with Crippen LogP contribution in [0.5, 0.6) is 5.75 Å². The molecule has 0 saturated carbocycles. The number of unbranched alkanes of at least 4 members (excludes halogenated alkanes) is 5. The van der Waals surface area contributed by atoms with E-state index in [9.17, 15) is 5.11 Å². The molecule has 0 aliphatic carbocycles. The van der Waals surface area contributed by atoms with Crippen LogP contribution in [0.4, 0.5) is 0 Å². The van der Waals surface area contributed by atoms with E-state index in [2.05, 4.69) is 105 Å². The average molecular weight is 497 g/mol. The van der Waals surface area contributed by atoms with E-state index in [-0.39, 0.29) is 5.75 Å². The first kappa shape index (κ1) is 27.7. The highest BCUT2D eigenvalue weighted by atomic mass is 31.2. The Balaban J connectivity index is 0.000000214. The number of rotatable bonds is 11. The molecule has 4 aromatic rings. The molecule has 0 N–H and O–H groups in total. The van der Waals surface area contributed by atoms with E-state index in [0.717, 1.165) is 12.6 Å². The summed E-state index contributed by atoms with van der Waals surface area (Å²) in [5.41, 5.74) is 1.30. The molecule has 0 fully saturated rings. The molecular weight excluding hydrogens is 455 g/mol. The Morgan fingerprint density at radius 1 is 0.500 bits per heavy atom. The van der Waals surface area contributed by atoms with E-state index in [0.29, 0.717) is 0 Å². The van der Waals surface area contributed by atoms with Crippen LogP contribution < -0.4 is 21.0 Å². The van der Waals surface area contributed by atoms with Crippen molar-refractivity contribution in [3.8, 4) is 5.75 Å². The molecule has 0 radical (unpaired) electrons. The van der Waals surface area contributed by atoms with E-state index in [1.54, 1.807) is 12.1 Å². The third kappa shape index (κ3) is 7.81. The molecular formula is C34H41OP. The molecule has 188 valence electrons. The Morgan fingerprint density at radius 3 is 1.33 bits per heavy atom. The number of hydrogen-bond donors (Lipinski definition) is 0. The van der Waals surface area contributed by atoms with Crippen molar-refractivity contribution in [2.75, 3.05) is 6.16 Å². The first-order valence-electron chi connectivity index (χ1n) is 13.5. The summed E-state index contributed by atoms with van der Waals surface area (Å²) < 4.78 is 0. The summed E-state index contributed by atoms with van der Waals surface area (Å²) in [4.78, 5) is 0. The first-order chi connectivity index (χ1) is 17.7. The van der Waals surface area contributed by atoms with Gasteiger partial charge < -0.3 is 5.11 Å². The van der Waals surface area contributed by atoms with Gasteiger partial charge in [-0.2, -0.15) is 0 Å². The van der Waals surface area contributed by atoms with E-state index in [4.69, 9.17) is 0 Å². The molecule has 0 aliphatic rings. The van der Waals surface area contributed by atoms with Gasteiger partial charge in [-0.25, -0.2) is 0 Å². The number of aryl methyl sites for hydroxylation is 1. The van der Waals surface area contributed by atoms with Gasteiger partial charge in [-0.05, 0) is 61.7 Å². The lowest BCUT2D eigenvalue weighted by Gasteiger charge is -2.26. The first-order valence-corrected chi connectivity index (χ1v) is 15.5. The molecule has 0 bridgehead atoms. The number of hydrogen-bond acceptors (Lipinski definition) is 1. The van der Waals surface area contributed by atoms with E-state index >= 15 is 0 Å². The Labute approximate surface area is 219 Å². The molecule has 0 aromatic heterocycles. The van der Waals surface area contributed by atoms with Gasteiger partial charge in [-0.15, -0.1) is 5.75 Å². The zero-order valence-corrected chi connectivity index (χ0v) is 22.9. The van der Waals surface area contributed by atoms with Gasteiger partial charge in [0.25, 0.3) is 0 Å². The van der Waals surface area contributed by atoms with Crippen molar-refractivity contribution in [2.24, 2.45) is 0 Å². The van der Waals surface area contributed by atoms with Gasteiger partial charge in [-0.1, -0.05) is 118 Å². The van der Waals surface area contributed by atoms with Crippen LogP contribution in [0, 0.1) is 0 Å². The summed E-state index contributed by atoms with van der Waals surface area (Å²) in [6, 6.07) is 40.2. The lowest BCUT2D eigenvalue weighted by atomic mass is 10.1. The Morgan fingerprint density at radius 2 is 0.917 bits per heavy atom. The molecule has 0 saturated heterocycles. The predicted molar refractivity (Wildman–Crippen MR) is 159 cm³/mol. The lowest BCUT2D eigenvalue weighted by molar-refractivity contribution is -0.268. The molecule has 0 spiro atoms. The second-order valence-electron chi connectivity index (χ2n) is 9.29. The quantitative estimate of drug-likeness (QED) is 0.154. The van der Waals surface area contributed by atoms with Gasteiger partial charge in [0, 0.05) is 0 Å². The SMILES string of the molecule is CCCCCCCCc1ccc([O-])cc1.CC[P+](c1ccccc1)(c1ccccc1)c1ccccc1. The highest BCUT2D eigenvalue weighted by molar-refractivity contribution is 7.95. The molecule has 0 unspecified atom stereocenters. The minimum Gasteiger partial charge on any atom is -0.872 e. The summed E-state index contributed by atoms with van der Waals surface area (Å²) in [5.74, 6) is 0.113. The molecule has 0 aliphatic heterocycles. The number of benzene rings is 4. The fraction of sp³-hybridized carbons (Fsp3) is 0.294. The summed E-state index contributed by atoms with van der Waals surface area (Å²) in [7, 11) is -1.53. The van der Waals surface area contributed by atoms with Crippen LogP contribution in [-0.4, -0.2) is 6.16 Å². The van der Waals surface area contributed by atoms with Gasteiger partial charge in [-0.3, -0.25) is 0 Å². The molecule has 0 atom stereocenters. The van der Waals surface area contributed by atoms with Crippen molar-refractivity contribution in [3.63, 3.8) is 0 Å². The van der Waals surface area contributed by atoms with Crippen molar-refractivity contribution in [1.82, 2.24) is 0 Å². The van der Waals surface area contributed by atoms with Crippen LogP contribution in [-0.2, 0) is 6.42 Å². The predicted octanol–water partition coefficient (Wildman–Crippen LogP) is 7.66. The van der Waals surface area contributed by atoms with E-state index in [1.807, 2.05) is 12.1 Å². The maximum absolute atomic E-state index is 10.9. The summed E-state index contributed by atoms with van der Waals surface area (Å²) in [6.45, 7) is 4.56. The molecule has 4 rings (SSSR count). The van der Waals surface area contributed by atoms with Gasteiger partial charge in [0.05, 0.1) is 6.16 Å². The largest absolute Gasteiger partial charge is 0.872 e. The monoisotopic (exact) mass is 496 g/mol. The fourth-order valence-corrected chi connectivity index (χ4v) is 8.84. The Bertz CT molecular complexity index is 996. The molecule has 1 nitrogen and oxygen atoms in total. The van der Waals surface area contributed by atoms with Crippen LogP contribution in [0.3, 0.4) is 0 Å². The smallest absolute Gasteiger partial charge is 0.111 e. The Hall–Kier alpha value is -2.89. The molecule has 36 heavy (non-hydrogen) atoms. The standard InChI is InChI=1S/C20H20P.C14H22O/c1-2-21(18-12-6-3-7-13-18,19-14-8-4-9-15-19)20-16-10-5-11-17-20;1-2-3-4-5-6-7-8-13-9-11-14(15)12-10-13/h3-17H,2H2,1H3;9-12,15H,2-8H2,1H3/q+1;/p-1. The summed E-state index contributed by atoms with van der Waals surface area (Å²) in [5, 5.41) is 15.3. The van der Waals surface area contributed by atoms with Gasteiger partial charge in [0.1, 0.15) is 23.2 Å². The van der Waals surface area contributed by atoms with Crippen LogP contribution in [0.2, 0.25) is 0 Å². The van der Waals surface area contributed by atoms with Gasteiger partial charge in [0.15, 0.2) is 0 Å². The molecule has 4 aromatic carbocycles. The Kier molecular flexibility index (Phi) is 11.7. The van der Waals surface area contributed by atoms with Gasteiger partial charge in [0.2, 0.25) is 0 Å². The second-order valence-corrected chi connectivity index (χ2v) is 13.1. The second kappa shape index (κ2) is 15.3. The summed E-state index contributed by atoms with van der Waals surface area (Å²) >= 11 is 0. The maximum Gasteiger partial charge on any atom is 0.111 e. The van der Waals surface area contributed by atoms with Crippen molar-refractivity contribution in [3.05, 3.63) is 121 Å². The zero-order valence-electron chi connectivity index (χ0n) is 22.0. The third-order valence-electron chi connectivity index (χ3n) is 6.81. The lowest BCUT2D eigenvalue weighted by Crippen LogP contribution is -2.32. The molecule has 0 amide bonds. The van der Waals surface area contributed by atoms with E-state index < -0.39 is 7.26 Å². The van der Waals surface area contributed by atoms with Crippen molar-refractivity contribution >= 4 is 23.2 Å². The highest BCUT2D eigenvalue weighted by Crippen LogP contribution is 2.54.